The van der Waals surface area contributed by atoms with Crippen LogP contribution in [0.15, 0.2) is 18.2 Å². The third-order valence-corrected chi connectivity index (χ3v) is 4.30. The largest absolute Gasteiger partial charge is 0.417 e. The van der Waals surface area contributed by atoms with Crippen molar-refractivity contribution in [3.8, 4) is 6.07 Å². The Hall–Kier alpha value is -2.21. The molecule has 0 radical (unpaired) electrons. The van der Waals surface area contributed by atoms with E-state index < -0.39 is 29.5 Å². The maximum absolute atomic E-state index is 13.1. The maximum atomic E-state index is 13.1. The van der Waals surface area contributed by atoms with Crippen molar-refractivity contribution in [3.63, 3.8) is 0 Å². The first-order chi connectivity index (χ1) is 11.1. The molecule has 0 atom stereocenters. The third kappa shape index (κ3) is 2.82. The zero-order valence-electron chi connectivity index (χ0n) is 12.9. The molecule has 9 heteroatoms. The van der Waals surface area contributed by atoms with Gasteiger partial charge in [0, 0.05) is 6.54 Å². The molecule has 128 valence electrons. The molecule has 1 aromatic carbocycles. The molecule has 0 spiro atoms. The van der Waals surface area contributed by atoms with Gasteiger partial charge in [-0.3, -0.25) is 10.3 Å². The molecule has 0 unspecified atom stereocenters. The first-order valence-corrected chi connectivity index (χ1v) is 7.34. The van der Waals surface area contributed by atoms with Crippen molar-refractivity contribution in [2.75, 3.05) is 18.1 Å². The van der Waals surface area contributed by atoms with Crippen molar-refractivity contribution in [1.29, 1.82) is 10.7 Å². The number of alkyl halides is 4. The molecule has 0 saturated carbocycles. The number of benzene rings is 1. The van der Waals surface area contributed by atoms with Crippen LogP contribution < -0.4 is 4.90 Å². The predicted molar refractivity (Wildman–Crippen MR) is 85.7 cm³/mol. The summed E-state index contributed by atoms with van der Waals surface area (Å²) in [5, 5.41) is 17.1. The fraction of sp³-hybridized carbons (Fsp3) is 0.400. The highest BCUT2D eigenvalue weighted by Gasteiger charge is 2.46. The van der Waals surface area contributed by atoms with Gasteiger partial charge in [0.2, 0.25) is 0 Å². The van der Waals surface area contributed by atoms with Crippen LogP contribution in [0.25, 0.3) is 0 Å². The molecule has 1 saturated heterocycles. The van der Waals surface area contributed by atoms with Crippen LogP contribution in [0.3, 0.4) is 0 Å². The second-order valence-electron chi connectivity index (χ2n) is 5.71. The summed E-state index contributed by atoms with van der Waals surface area (Å²) < 4.78 is 52.2. The minimum Gasteiger partial charge on any atom is -0.334 e. The maximum Gasteiger partial charge on any atom is 0.417 e. The number of hydrogen-bond acceptors (Lipinski definition) is 3. The second kappa shape index (κ2) is 6.02. The summed E-state index contributed by atoms with van der Waals surface area (Å²) in [7, 11) is 0. The van der Waals surface area contributed by atoms with Gasteiger partial charge in [-0.2, -0.15) is 18.4 Å². The zero-order chi connectivity index (χ0) is 18.3. The fourth-order valence-corrected chi connectivity index (χ4v) is 3.08. The lowest BCUT2D eigenvalue weighted by Crippen LogP contribution is -2.44. The molecule has 0 aromatic heterocycles. The Labute approximate surface area is 141 Å². The first-order valence-electron chi connectivity index (χ1n) is 6.93. The van der Waals surface area contributed by atoms with E-state index in [-0.39, 0.29) is 23.2 Å². The highest BCUT2D eigenvalue weighted by atomic mass is 32.1. The summed E-state index contributed by atoms with van der Waals surface area (Å²) in [4.78, 5) is 2.62. The van der Waals surface area contributed by atoms with Crippen LogP contribution in [0.1, 0.15) is 25.0 Å². The number of rotatable bonds is 3. The Bertz CT molecular complexity index is 736. The van der Waals surface area contributed by atoms with Gasteiger partial charge in [0.15, 0.2) is 5.11 Å². The number of nitrogens with one attached hydrogen (secondary N) is 1. The molecule has 4 nitrogen and oxygen atoms in total. The van der Waals surface area contributed by atoms with Gasteiger partial charge in [-0.25, -0.2) is 4.39 Å². The van der Waals surface area contributed by atoms with Crippen LogP contribution >= 0.6 is 12.2 Å². The lowest BCUT2D eigenvalue weighted by atomic mass is 10.0. The molecule has 1 N–H and O–H groups in total. The van der Waals surface area contributed by atoms with Gasteiger partial charge in [-0.15, -0.1) is 0 Å². The normalized spacial score (nSPS) is 17.4. The van der Waals surface area contributed by atoms with Gasteiger partial charge < -0.3 is 4.90 Å². The molecule has 1 aliphatic heterocycles. The summed E-state index contributed by atoms with van der Waals surface area (Å²) in [5.74, 6) is -0.0567. The molecule has 1 heterocycles. The summed E-state index contributed by atoms with van der Waals surface area (Å²) in [6.45, 7) is 2.52. The van der Waals surface area contributed by atoms with E-state index >= 15 is 0 Å². The number of nitrogens with zero attached hydrogens (tertiary/aromatic N) is 3. The molecular formula is C15H14F4N4S. The summed E-state index contributed by atoms with van der Waals surface area (Å²) in [6, 6.07) is 4.62. The van der Waals surface area contributed by atoms with E-state index in [2.05, 4.69) is 0 Å². The molecule has 1 fully saturated rings. The van der Waals surface area contributed by atoms with Crippen LogP contribution in [-0.2, 0) is 6.18 Å². The Morgan fingerprint density at radius 2 is 1.96 bits per heavy atom. The SMILES string of the molecule is CC1(C)C(=N)N(c2ccc(C#N)c(C(F)(F)F)c2)C(=S)N1CCF. The lowest BCUT2D eigenvalue weighted by Gasteiger charge is -2.29. The third-order valence-electron chi connectivity index (χ3n) is 3.90. The van der Waals surface area contributed by atoms with Crippen molar-refractivity contribution in [1.82, 2.24) is 4.90 Å². The molecule has 0 bridgehead atoms. The molecule has 1 aliphatic rings. The zero-order valence-corrected chi connectivity index (χ0v) is 13.7. The Morgan fingerprint density at radius 1 is 1.33 bits per heavy atom. The van der Waals surface area contributed by atoms with Gasteiger partial charge in [-0.1, -0.05) is 0 Å². The van der Waals surface area contributed by atoms with Crippen LogP contribution in [0.4, 0.5) is 23.2 Å². The minimum absolute atomic E-state index is 0.0192. The Balaban J connectivity index is 2.55. The van der Waals surface area contributed by atoms with Gasteiger partial charge >= 0.3 is 6.18 Å². The quantitative estimate of drug-likeness (QED) is 0.661. The van der Waals surface area contributed by atoms with Crippen molar-refractivity contribution in [3.05, 3.63) is 29.3 Å². The number of amidine groups is 1. The molecule has 24 heavy (non-hydrogen) atoms. The Kier molecular flexibility index (Phi) is 4.55. The van der Waals surface area contributed by atoms with Crippen molar-refractivity contribution in [2.45, 2.75) is 25.6 Å². The average molecular weight is 358 g/mol. The van der Waals surface area contributed by atoms with Crippen molar-refractivity contribution < 1.29 is 17.6 Å². The monoisotopic (exact) mass is 358 g/mol. The summed E-state index contributed by atoms with van der Waals surface area (Å²) in [5.41, 5.74) is -2.54. The van der Waals surface area contributed by atoms with Gasteiger partial charge in [-0.05, 0) is 44.3 Å². The summed E-state index contributed by atoms with van der Waals surface area (Å²) >= 11 is 5.23. The van der Waals surface area contributed by atoms with E-state index in [0.717, 1.165) is 12.1 Å². The smallest absolute Gasteiger partial charge is 0.334 e. The highest BCUT2D eigenvalue weighted by Crippen LogP contribution is 2.37. The Morgan fingerprint density at radius 3 is 2.46 bits per heavy atom. The molecule has 2 rings (SSSR count). The minimum atomic E-state index is -4.71. The number of thiocarbonyl (C=S) groups is 1. The van der Waals surface area contributed by atoms with Crippen LogP contribution in [0, 0.1) is 16.7 Å². The lowest BCUT2D eigenvalue weighted by molar-refractivity contribution is -0.137. The van der Waals surface area contributed by atoms with E-state index in [1.54, 1.807) is 13.8 Å². The van der Waals surface area contributed by atoms with E-state index in [0.29, 0.717) is 0 Å². The molecule has 0 aliphatic carbocycles. The van der Waals surface area contributed by atoms with E-state index in [4.69, 9.17) is 22.9 Å². The van der Waals surface area contributed by atoms with Crippen LogP contribution in [0.2, 0.25) is 0 Å². The topological polar surface area (TPSA) is 54.1 Å². The van der Waals surface area contributed by atoms with Crippen LogP contribution in [0.5, 0.6) is 0 Å². The predicted octanol–water partition coefficient (Wildman–Crippen LogP) is 3.71. The van der Waals surface area contributed by atoms with Crippen LogP contribution in [-0.4, -0.2) is 34.6 Å². The van der Waals surface area contributed by atoms with Crippen molar-refractivity contribution >= 4 is 28.9 Å². The van der Waals surface area contributed by atoms with Gasteiger partial charge in [0.05, 0.1) is 28.4 Å². The number of nitriles is 1. The number of hydrogen-bond donors (Lipinski definition) is 1. The second-order valence-corrected chi connectivity index (χ2v) is 6.07. The molecule has 1 aromatic rings. The fourth-order valence-electron chi connectivity index (χ4n) is 2.56. The number of anilines is 1. The van der Waals surface area contributed by atoms with E-state index in [9.17, 15) is 17.6 Å². The number of halogens is 4. The highest BCUT2D eigenvalue weighted by molar-refractivity contribution is 7.80. The van der Waals surface area contributed by atoms with E-state index in [1.807, 2.05) is 0 Å². The standard InChI is InChI=1S/C15H14F4N4S/c1-14(2)12(21)23(13(24)22(14)6-5-16)10-4-3-9(8-20)11(7-10)15(17,18)19/h3-4,7,21H,5-6H2,1-2H3. The van der Waals surface area contributed by atoms with Gasteiger partial charge in [0.25, 0.3) is 0 Å². The van der Waals surface area contributed by atoms with E-state index in [1.165, 1.54) is 21.9 Å². The molecule has 0 amide bonds. The van der Waals surface area contributed by atoms with Crippen molar-refractivity contribution in [2.24, 2.45) is 0 Å². The summed E-state index contributed by atoms with van der Waals surface area (Å²) in [6.07, 6.45) is -4.71. The molecular weight excluding hydrogens is 344 g/mol. The van der Waals surface area contributed by atoms with Gasteiger partial charge in [0.1, 0.15) is 12.5 Å². The first kappa shape index (κ1) is 18.1. The average Bonchev–Trinajstić information content (AvgIpc) is 2.66.